The molecule has 0 atom stereocenters. The van der Waals surface area contributed by atoms with Gasteiger partial charge < -0.3 is 10.6 Å². The molecule has 0 aromatic carbocycles. The van der Waals surface area contributed by atoms with E-state index < -0.39 is 0 Å². The van der Waals surface area contributed by atoms with Crippen LogP contribution in [0.15, 0.2) is 0 Å². The first-order chi connectivity index (χ1) is 8.01. The molecule has 2 N–H and O–H groups in total. The molecule has 0 aromatic rings. The minimum atomic E-state index is 0.448. The van der Waals surface area contributed by atoms with Crippen LogP contribution in [0.4, 0.5) is 0 Å². The predicted octanol–water partition coefficient (Wildman–Crippen LogP) is 2.95. The van der Waals surface area contributed by atoms with Crippen LogP contribution >= 0.6 is 12.2 Å². The summed E-state index contributed by atoms with van der Waals surface area (Å²) in [7, 11) is 2.29. The first-order valence-corrected chi connectivity index (χ1v) is 7.40. The molecule has 2 aliphatic carbocycles. The lowest BCUT2D eigenvalue weighted by molar-refractivity contribution is 0.144. The van der Waals surface area contributed by atoms with Gasteiger partial charge in [-0.15, -0.1) is 0 Å². The van der Waals surface area contributed by atoms with Gasteiger partial charge in [-0.25, -0.2) is 0 Å². The van der Waals surface area contributed by atoms with Gasteiger partial charge in [-0.05, 0) is 56.9 Å². The predicted molar refractivity (Wildman–Crippen MR) is 77.1 cm³/mol. The van der Waals surface area contributed by atoms with E-state index in [1.165, 1.54) is 45.1 Å². The van der Waals surface area contributed by atoms with E-state index in [4.69, 9.17) is 18.0 Å². The van der Waals surface area contributed by atoms with Crippen LogP contribution in [0.3, 0.4) is 0 Å². The summed E-state index contributed by atoms with van der Waals surface area (Å²) >= 11 is 5.07. The lowest BCUT2D eigenvalue weighted by Crippen LogP contribution is -2.39. The van der Waals surface area contributed by atoms with Crippen molar-refractivity contribution in [2.24, 2.45) is 17.1 Å². The molecule has 2 fully saturated rings. The second kappa shape index (κ2) is 5.23. The molecule has 2 nitrogen and oxygen atoms in total. The van der Waals surface area contributed by atoms with E-state index in [2.05, 4.69) is 18.9 Å². The molecule has 0 heterocycles. The fraction of sp³-hybridized carbons (Fsp3) is 0.929. The Morgan fingerprint density at radius 3 is 2.35 bits per heavy atom. The van der Waals surface area contributed by atoms with Crippen molar-refractivity contribution in [2.75, 3.05) is 13.6 Å². The average molecular weight is 254 g/mol. The zero-order chi connectivity index (χ0) is 12.5. The van der Waals surface area contributed by atoms with E-state index in [9.17, 15) is 0 Å². The van der Waals surface area contributed by atoms with Gasteiger partial charge >= 0.3 is 0 Å². The van der Waals surface area contributed by atoms with Crippen LogP contribution in [0, 0.1) is 11.3 Å². The van der Waals surface area contributed by atoms with E-state index in [0.717, 1.165) is 18.4 Å². The van der Waals surface area contributed by atoms with Crippen LogP contribution in [0.2, 0.25) is 0 Å². The normalized spacial score (nSPS) is 31.5. The summed E-state index contributed by atoms with van der Waals surface area (Å²) in [5.41, 5.74) is 6.15. The zero-order valence-corrected chi connectivity index (χ0v) is 12.1. The minimum absolute atomic E-state index is 0.448. The highest BCUT2D eigenvalue weighted by Gasteiger charge is 2.44. The topological polar surface area (TPSA) is 29.3 Å². The maximum atomic E-state index is 5.70. The summed E-state index contributed by atoms with van der Waals surface area (Å²) in [6.45, 7) is 3.58. The van der Waals surface area contributed by atoms with Gasteiger partial charge in [0.15, 0.2) is 0 Å². The molecular formula is C14H26N2S. The Labute approximate surface area is 111 Å². The Morgan fingerprint density at radius 1 is 1.29 bits per heavy atom. The SMILES string of the molecule is CC1CCC(N(C)CC2(CC(N)=S)CC2)CC1. The fourth-order valence-electron chi connectivity index (χ4n) is 3.28. The molecule has 0 aromatic heterocycles. The van der Waals surface area contributed by atoms with Crippen molar-refractivity contribution < 1.29 is 0 Å². The molecule has 0 bridgehead atoms. The monoisotopic (exact) mass is 254 g/mol. The van der Waals surface area contributed by atoms with Crippen LogP contribution in [0.25, 0.3) is 0 Å². The van der Waals surface area contributed by atoms with Crippen LogP contribution < -0.4 is 5.73 Å². The first-order valence-electron chi connectivity index (χ1n) is 6.99. The summed E-state index contributed by atoms with van der Waals surface area (Å²) in [6, 6.07) is 0.801. The number of hydrogen-bond acceptors (Lipinski definition) is 2. The summed E-state index contributed by atoms with van der Waals surface area (Å²) in [5, 5.41) is 0. The Bertz CT molecular complexity index is 278. The molecule has 17 heavy (non-hydrogen) atoms. The number of nitrogens with zero attached hydrogens (tertiary/aromatic N) is 1. The molecule has 2 aliphatic rings. The Balaban J connectivity index is 1.80. The molecule has 0 amide bonds. The van der Waals surface area contributed by atoms with Crippen molar-refractivity contribution in [1.82, 2.24) is 4.90 Å². The highest BCUT2D eigenvalue weighted by atomic mass is 32.1. The third-order valence-corrected chi connectivity index (χ3v) is 4.84. The van der Waals surface area contributed by atoms with Gasteiger partial charge in [0.1, 0.15) is 0 Å². The van der Waals surface area contributed by atoms with Gasteiger partial charge in [-0.3, -0.25) is 0 Å². The zero-order valence-electron chi connectivity index (χ0n) is 11.2. The van der Waals surface area contributed by atoms with Crippen LogP contribution in [-0.4, -0.2) is 29.5 Å². The first kappa shape index (κ1) is 13.3. The van der Waals surface area contributed by atoms with Gasteiger partial charge in [0.05, 0.1) is 4.99 Å². The van der Waals surface area contributed by atoms with Crippen LogP contribution in [0.5, 0.6) is 0 Å². The second-order valence-corrected chi connectivity index (χ2v) is 7.00. The molecule has 0 aliphatic heterocycles. The summed E-state index contributed by atoms with van der Waals surface area (Å²) < 4.78 is 0. The van der Waals surface area contributed by atoms with Crippen molar-refractivity contribution in [3.63, 3.8) is 0 Å². The minimum Gasteiger partial charge on any atom is -0.393 e. The molecule has 0 radical (unpaired) electrons. The highest BCUT2D eigenvalue weighted by molar-refractivity contribution is 7.80. The van der Waals surface area contributed by atoms with Gasteiger partial charge in [0.2, 0.25) is 0 Å². The summed E-state index contributed by atoms with van der Waals surface area (Å²) in [6.07, 6.45) is 9.14. The van der Waals surface area contributed by atoms with Gasteiger partial charge in [-0.1, -0.05) is 19.1 Å². The standard InChI is InChI=1S/C14H26N2S/c1-11-3-5-12(6-4-11)16(2)10-14(7-8-14)9-13(15)17/h11-12H,3-10H2,1-2H3,(H2,15,17). The molecule has 2 saturated carbocycles. The van der Waals surface area contributed by atoms with E-state index >= 15 is 0 Å². The molecule has 3 heteroatoms. The lowest BCUT2D eigenvalue weighted by atomic mass is 9.86. The third kappa shape index (κ3) is 3.65. The van der Waals surface area contributed by atoms with Crippen molar-refractivity contribution in [3.8, 4) is 0 Å². The van der Waals surface area contributed by atoms with E-state index in [0.29, 0.717) is 10.4 Å². The van der Waals surface area contributed by atoms with Crippen molar-refractivity contribution >= 4 is 17.2 Å². The fourth-order valence-corrected chi connectivity index (χ4v) is 3.58. The molecule has 98 valence electrons. The van der Waals surface area contributed by atoms with Crippen molar-refractivity contribution in [3.05, 3.63) is 0 Å². The highest BCUT2D eigenvalue weighted by Crippen LogP contribution is 2.49. The van der Waals surface area contributed by atoms with E-state index in [1.54, 1.807) is 0 Å². The summed E-state index contributed by atoms with van der Waals surface area (Å²) in [5.74, 6) is 0.936. The Morgan fingerprint density at radius 2 is 1.88 bits per heavy atom. The van der Waals surface area contributed by atoms with Crippen LogP contribution in [-0.2, 0) is 0 Å². The molecule has 0 unspecified atom stereocenters. The van der Waals surface area contributed by atoms with Gasteiger partial charge in [0.25, 0.3) is 0 Å². The maximum Gasteiger partial charge on any atom is 0.0733 e. The van der Waals surface area contributed by atoms with Gasteiger partial charge in [0, 0.05) is 19.0 Å². The number of hydrogen-bond donors (Lipinski definition) is 1. The molecule has 2 rings (SSSR count). The molecule has 0 spiro atoms. The Kier molecular flexibility index (Phi) is 4.09. The van der Waals surface area contributed by atoms with E-state index in [-0.39, 0.29) is 0 Å². The number of thiocarbonyl (C=S) groups is 1. The summed E-state index contributed by atoms with van der Waals surface area (Å²) in [4.78, 5) is 3.28. The van der Waals surface area contributed by atoms with E-state index in [1.807, 2.05) is 0 Å². The lowest BCUT2D eigenvalue weighted by Gasteiger charge is -2.35. The second-order valence-electron chi connectivity index (χ2n) is 6.47. The quantitative estimate of drug-likeness (QED) is 0.765. The Hall–Kier alpha value is -0.150. The smallest absolute Gasteiger partial charge is 0.0733 e. The third-order valence-electron chi connectivity index (χ3n) is 4.70. The van der Waals surface area contributed by atoms with Gasteiger partial charge in [-0.2, -0.15) is 0 Å². The maximum absolute atomic E-state index is 5.70. The van der Waals surface area contributed by atoms with Crippen LogP contribution in [0.1, 0.15) is 51.9 Å². The molecular weight excluding hydrogens is 228 g/mol. The number of nitrogens with two attached hydrogens (primary N) is 1. The van der Waals surface area contributed by atoms with Crippen molar-refractivity contribution in [2.45, 2.75) is 57.9 Å². The largest absolute Gasteiger partial charge is 0.393 e. The number of rotatable bonds is 5. The van der Waals surface area contributed by atoms with Crippen molar-refractivity contribution in [1.29, 1.82) is 0 Å². The average Bonchev–Trinajstić information content (AvgIpc) is 2.97. The molecule has 0 saturated heterocycles.